The molecule has 0 spiro atoms. The van der Waals surface area contributed by atoms with Crippen molar-refractivity contribution in [2.24, 2.45) is 11.7 Å². The predicted octanol–water partition coefficient (Wildman–Crippen LogP) is 3.16. The van der Waals surface area contributed by atoms with Gasteiger partial charge in [-0.1, -0.05) is 19.1 Å². The number of halogens is 4. The van der Waals surface area contributed by atoms with Crippen molar-refractivity contribution in [3.63, 3.8) is 0 Å². The number of hydrogen-bond donors (Lipinski definition) is 2. The van der Waals surface area contributed by atoms with Gasteiger partial charge >= 0.3 is 6.18 Å². The Morgan fingerprint density at radius 2 is 1.73 bits per heavy atom. The van der Waals surface area contributed by atoms with Crippen LogP contribution in [0.2, 0.25) is 0 Å². The first-order chi connectivity index (χ1) is 9.49. The number of amides is 1. The Kier molecular flexibility index (Phi) is 7.38. The van der Waals surface area contributed by atoms with Crippen LogP contribution in [0.1, 0.15) is 31.9 Å². The Bertz CT molecular complexity index is 481. The first-order valence-electron chi connectivity index (χ1n) is 6.72. The molecule has 1 rings (SSSR count). The molecule has 7 heteroatoms. The Hall–Kier alpha value is -1.27. The molecule has 0 saturated carbocycles. The van der Waals surface area contributed by atoms with Crippen molar-refractivity contribution >= 4 is 18.3 Å². The van der Waals surface area contributed by atoms with Crippen molar-refractivity contribution in [3.8, 4) is 0 Å². The van der Waals surface area contributed by atoms with Crippen LogP contribution in [0.4, 0.5) is 13.2 Å². The highest BCUT2D eigenvalue weighted by Gasteiger charge is 2.30. The summed E-state index contributed by atoms with van der Waals surface area (Å²) in [4.78, 5) is 11.9. The third kappa shape index (κ3) is 7.13. The lowest BCUT2D eigenvalue weighted by molar-refractivity contribution is -0.137. The van der Waals surface area contributed by atoms with E-state index < -0.39 is 17.3 Å². The maximum atomic E-state index is 12.4. The van der Waals surface area contributed by atoms with Gasteiger partial charge in [-0.3, -0.25) is 4.79 Å². The van der Waals surface area contributed by atoms with E-state index in [9.17, 15) is 18.0 Å². The van der Waals surface area contributed by atoms with Crippen molar-refractivity contribution < 1.29 is 18.0 Å². The molecule has 22 heavy (non-hydrogen) atoms. The molecule has 1 aromatic carbocycles. The molecule has 0 aliphatic rings. The van der Waals surface area contributed by atoms with E-state index in [2.05, 4.69) is 5.32 Å². The van der Waals surface area contributed by atoms with Gasteiger partial charge < -0.3 is 11.1 Å². The summed E-state index contributed by atoms with van der Waals surface area (Å²) in [6.07, 6.45) is -3.96. The smallest absolute Gasteiger partial charge is 0.354 e. The topological polar surface area (TPSA) is 55.1 Å². The maximum Gasteiger partial charge on any atom is 0.416 e. The van der Waals surface area contributed by atoms with Gasteiger partial charge in [0.1, 0.15) is 0 Å². The van der Waals surface area contributed by atoms with E-state index in [1.54, 1.807) is 20.8 Å². The number of carbonyl (C=O) groups excluding carboxylic acids is 1. The number of benzene rings is 1. The summed E-state index contributed by atoms with van der Waals surface area (Å²) in [6, 6.07) is 4.87. The minimum atomic E-state index is -4.34. The average Bonchev–Trinajstić information content (AvgIpc) is 2.34. The highest BCUT2D eigenvalue weighted by Crippen LogP contribution is 2.29. The molecule has 0 aromatic heterocycles. The van der Waals surface area contributed by atoms with Crippen LogP contribution in [0.25, 0.3) is 0 Å². The molecule has 0 bridgehead atoms. The minimum absolute atomic E-state index is 0. The Balaban J connectivity index is 0.00000441. The van der Waals surface area contributed by atoms with E-state index in [1.165, 1.54) is 12.1 Å². The fourth-order valence-electron chi connectivity index (χ4n) is 1.77. The molecule has 1 aromatic rings. The highest BCUT2D eigenvalue weighted by molar-refractivity contribution is 5.85. The summed E-state index contributed by atoms with van der Waals surface area (Å²) in [6.45, 7) is 5.68. The molecule has 0 heterocycles. The number of rotatable bonds is 5. The van der Waals surface area contributed by atoms with Crippen molar-refractivity contribution in [2.45, 2.75) is 38.9 Å². The van der Waals surface area contributed by atoms with E-state index in [0.717, 1.165) is 12.1 Å². The average molecular weight is 339 g/mol. The lowest BCUT2D eigenvalue weighted by Crippen LogP contribution is -2.46. The molecule has 3 nitrogen and oxygen atoms in total. The summed E-state index contributed by atoms with van der Waals surface area (Å²) in [5.74, 6) is -0.488. The molecule has 0 radical (unpaired) electrons. The number of carbonyl (C=O) groups is 1. The predicted molar refractivity (Wildman–Crippen MR) is 82.8 cm³/mol. The molecule has 126 valence electrons. The number of nitrogens with one attached hydrogen (secondary N) is 1. The quantitative estimate of drug-likeness (QED) is 0.866. The maximum absolute atomic E-state index is 12.4. The van der Waals surface area contributed by atoms with Crippen LogP contribution in [0.5, 0.6) is 0 Å². The second-order valence-corrected chi connectivity index (χ2v) is 6.01. The highest BCUT2D eigenvalue weighted by atomic mass is 35.5. The fraction of sp³-hybridized carbons (Fsp3) is 0.533. The summed E-state index contributed by atoms with van der Waals surface area (Å²) in [7, 11) is 0. The number of nitrogens with two attached hydrogens (primary N) is 1. The Labute approximate surface area is 134 Å². The molecular weight excluding hydrogens is 317 g/mol. The van der Waals surface area contributed by atoms with E-state index in [1.807, 2.05) is 0 Å². The SMILES string of the molecule is CC(Cc1ccc(C(F)(F)F)cc1)C(=O)NCC(C)(C)N.Cl. The van der Waals surface area contributed by atoms with Crippen LogP contribution in [0.15, 0.2) is 24.3 Å². The molecule has 0 aliphatic carbocycles. The molecule has 0 fully saturated rings. The van der Waals surface area contributed by atoms with Crippen molar-refractivity contribution in [1.82, 2.24) is 5.32 Å². The van der Waals surface area contributed by atoms with Gasteiger partial charge in [0.05, 0.1) is 5.56 Å². The van der Waals surface area contributed by atoms with Crippen molar-refractivity contribution in [1.29, 1.82) is 0 Å². The summed E-state index contributed by atoms with van der Waals surface area (Å²) < 4.78 is 37.3. The van der Waals surface area contributed by atoms with Gasteiger partial charge in [0.15, 0.2) is 0 Å². The van der Waals surface area contributed by atoms with Gasteiger partial charge in [0.25, 0.3) is 0 Å². The summed E-state index contributed by atoms with van der Waals surface area (Å²) in [5, 5.41) is 2.73. The zero-order chi connectivity index (χ0) is 16.3. The van der Waals surface area contributed by atoms with Crippen molar-refractivity contribution in [2.75, 3.05) is 6.54 Å². The Morgan fingerprint density at radius 3 is 2.14 bits per heavy atom. The van der Waals surface area contributed by atoms with Crippen LogP contribution in [-0.4, -0.2) is 18.0 Å². The molecule has 3 N–H and O–H groups in total. The monoisotopic (exact) mass is 338 g/mol. The van der Waals surface area contributed by atoms with E-state index in [4.69, 9.17) is 5.73 Å². The zero-order valence-electron chi connectivity index (χ0n) is 12.8. The van der Waals surface area contributed by atoms with E-state index in [-0.39, 0.29) is 24.2 Å². The lowest BCUT2D eigenvalue weighted by Gasteiger charge is -2.20. The van der Waals surface area contributed by atoms with Gasteiger partial charge in [-0.05, 0) is 38.0 Å². The standard InChI is InChI=1S/C15H21F3N2O.ClH/c1-10(13(21)20-9-14(2,3)19)8-11-4-6-12(7-5-11)15(16,17)18;/h4-7,10H,8-9,19H2,1-3H3,(H,20,21);1H. The van der Waals surface area contributed by atoms with Crippen LogP contribution < -0.4 is 11.1 Å². The first-order valence-corrected chi connectivity index (χ1v) is 6.72. The van der Waals surface area contributed by atoms with Gasteiger partial charge in [0.2, 0.25) is 5.91 Å². The number of alkyl halides is 3. The molecule has 0 aliphatic heterocycles. The van der Waals surface area contributed by atoms with Crippen molar-refractivity contribution in [3.05, 3.63) is 35.4 Å². The van der Waals surface area contributed by atoms with Crippen LogP contribution >= 0.6 is 12.4 Å². The molecule has 1 amide bonds. The minimum Gasteiger partial charge on any atom is -0.354 e. The molecule has 0 saturated heterocycles. The van der Waals surface area contributed by atoms with E-state index in [0.29, 0.717) is 18.5 Å². The van der Waals surface area contributed by atoms with Gasteiger partial charge in [-0.15, -0.1) is 12.4 Å². The third-order valence-corrected chi connectivity index (χ3v) is 2.99. The van der Waals surface area contributed by atoms with Crippen LogP contribution in [0, 0.1) is 5.92 Å². The van der Waals surface area contributed by atoms with Gasteiger partial charge in [-0.25, -0.2) is 0 Å². The van der Waals surface area contributed by atoms with Gasteiger partial charge in [0, 0.05) is 18.0 Å². The molecule has 1 unspecified atom stereocenters. The Morgan fingerprint density at radius 1 is 1.23 bits per heavy atom. The normalized spacial score (nSPS) is 13.2. The lowest BCUT2D eigenvalue weighted by atomic mass is 9.98. The second-order valence-electron chi connectivity index (χ2n) is 6.01. The molecule has 1 atom stereocenters. The van der Waals surface area contributed by atoms with E-state index >= 15 is 0 Å². The fourth-order valence-corrected chi connectivity index (χ4v) is 1.77. The van der Waals surface area contributed by atoms with Gasteiger partial charge in [-0.2, -0.15) is 13.2 Å². The first kappa shape index (κ1) is 20.7. The van der Waals surface area contributed by atoms with Crippen LogP contribution in [0.3, 0.4) is 0 Å². The zero-order valence-corrected chi connectivity index (χ0v) is 13.6. The summed E-state index contributed by atoms with van der Waals surface area (Å²) >= 11 is 0. The molecular formula is C15H22ClF3N2O. The largest absolute Gasteiger partial charge is 0.416 e. The van der Waals surface area contributed by atoms with Crippen LogP contribution in [-0.2, 0) is 17.4 Å². The number of hydrogen-bond acceptors (Lipinski definition) is 2. The summed E-state index contributed by atoms with van der Waals surface area (Å²) in [5.41, 5.74) is 5.28. The third-order valence-electron chi connectivity index (χ3n) is 2.99. The second kappa shape index (κ2) is 7.83.